The molecule has 0 saturated carbocycles. The van der Waals surface area contributed by atoms with Crippen LogP contribution in [0.3, 0.4) is 0 Å². The average Bonchev–Trinajstić information content (AvgIpc) is 3.03. The fraction of sp³-hybridized carbons (Fsp3) is 0.353. The molecule has 2 rings (SSSR count). The lowest BCUT2D eigenvalue weighted by molar-refractivity contribution is -0.124. The summed E-state index contributed by atoms with van der Waals surface area (Å²) in [4.78, 5) is 27.9. The number of ether oxygens (including phenoxy) is 1. The van der Waals surface area contributed by atoms with E-state index in [2.05, 4.69) is 17.2 Å². The maximum Gasteiger partial charge on any atom is 0.358 e. The smallest absolute Gasteiger partial charge is 0.358 e. The number of hydrogen-bond donors (Lipinski definition) is 1. The molecule has 6 heteroatoms. The van der Waals surface area contributed by atoms with E-state index in [0.29, 0.717) is 0 Å². The van der Waals surface area contributed by atoms with Crippen molar-refractivity contribution in [2.45, 2.75) is 32.7 Å². The number of amides is 1. The number of carbonyl (C=O) groups is 2. The number of nitrogens with zero attached hydrogens (tertiary/aromatic N) is 1. The van der Waals surface area contributed by atoms with Crippen molar-refractivity contribution in [2.24, 2.45) is 0 Å². The van der Waals surface area contributed by atoms with E-state index >= 15 is 0 Å². The Hall–Kier alpha value is -2.21. The van der Waals surface area contributed by atoms with Gasteiger partial charge in [0.15, 0.2) is 12.3 Å². The standard InChI is InChI=1S/C17H20N2O3S/c1-3-7-12(2)18-15(20)10-22-17(21)14-11-23-16(19-14)13-8-5-4-6-9-13/h4-6,8-9,11-12H,3,7,10H2,1-2H3,(H,18,20)/t12-/m0/s1. The Labute approximate surface area is 139 Å². The van der Waals surface area contributed by atoms with Crippen LogP contribution in [0.25, 0.3) is 10.6 Å². The molecule has 1 aromatic heterocycles. The second-order valence-electron chi connectivity index (χ2n) is 5.24. The molecule has 2 aromatic rings. The molecule has 5 nitrogen and oxygen atoms in total. The fourth-order valence-electron chi connectivity index (χ4n) is 2.11. The molecule has 0 aliphatic heterocycles. The zero-order chi connectivity index (χ0) is 16.7. The van der Waals surface area contributed by atoms with Crippen LogP contribution in [0.4, 0.5) is 0 Å². The maximum absolute atomic E-state index is 11.9. The first kappa shape index (κ1) is 17.1. The van der Waals surface area contributed by atoms with E-state index < -0.39 is 5.97 Å². The summed E-state index contributed by atoms with van der Waals surface area (Å²) in [6.07, 6.45) is 1.88. The van der Waals surface area contributed by atoms with Gasteiger partial charge in [-0.1, -0.05) is 43.7 Å². The van der Waals surface area contributed by atoms with Gasteiger partial charge in [-0.3, -0.25) is 4.79 Å². The molecule has 1 aromatic carbocycles. The summed E-state index contributed by atoms with van der Waals surface area (Å²) in [5.74, 6) is -0.875. The van der Waals surface area contributed by atoms with Gasteiger partial charge in [0.1, 0.15) is 5.01 Å². The number of esters is 1. The maximum atomic E-state index is 11.9. The summed E-state index contributed by atoms with van der Waals surface area (Å²) < 4.78 is 5.01. The normalized spacial score (nSPS) is 11.7. The molecule has 0 saturated heterocycles. The first-order valence-corrected chi connectivity index (χ1v) is 8.45. The van der Waals surface area contributed by atoms with Crippen molar-refractivity contribution in [3.05, 3.63) is 41.4 Å². The van der Waals surface area contributed by atoms with Crippen molar-refractivity contribution < 1.29 is 14.3 Å². The molecular formula is C17H20N2O3S. The minimum absolute atomic E-state index is 0.0788. The Bertz CT molecular complexity index is 655. The number of thiazole rings is 1. The quantitative estimate of drug-likeness (QED) is 0.790. The van der Waals surface area contributed by atoms with Crippen LogP contribution in [0.15, 0.2) is 35.7 Å². The number of hydrogen-bond acceptors (Lipinski definition) is 5. The van der Waals surface area contributed by atoms with Crippen LogP contribution in [0, 0.1) is 0 Å². The van der Waals surface area contributed by atoms with Gasteiger partial charge in [0.25, 0.3) is 5.91 Å². The van der Waals surface area contributed by atoms with Crippen LogP contribution in [0.2, 0.25) is 0 Å². The zero-order valence-electron chi connectivity index (χ0n) is 13.2. The fourth-order valence-corrected chi connectivity index (χ4v) is 2.90. The van der Waals surface area contributed by atoms with Crippen molar-refractivity contribution in [3.8, 4) is 10.6 Å². The first-order chi connectivity index (χ1) is 11.1. The summed E-state index contributed by atoms with van der Waals surface area (Å²) in [6, 6.07) is 9.68. The average molecular weight is 332 g/mol. The summed E-state index contributed by atoms with van der Waals surface area (Å²) in [5.41, 5.74) is 1.17. The second-order valence-corrected chi connectivity index (χ2v) is 6.10. The number of benzene rings is 1. The topological polar surface area (TPSA) is 68.3 Å². The highest BCUT2D eigenvalue weighted by Gasteiger charge is 2.15. The van der Waals surface area contributed by atoms with Gasteiger partial charge in [-0.2, -0.15) is 0 Å². The summed E-state index contributed by atoms with van der Waals surface area (Å²) in [6.45, 7) is 3.69. The third-order valence-electron chi connectivity index (χ3n) is 3.20. The molecule has 1 heterocycles. The Morgan fingerprint density at radius 2 is 2.04 bits per heavy atom. The third-order valence-corrected chi connectivity index (χ3v) is 4.09. The van der Waals surface area contributed by atoms with Crippen molar-refractivity contribution in [2.75, 3.05) is 6.61 Å². The minimum atomic E-state index is -0.582. The van der Waals surface area contributed by atoms with E-state index in [1.807, 2.05) is 37.3 Å². The highest BCUT2D eigenvalue weighted by atomic mass is 32.1. The van der Waals surface area contributed by atoms with E-state index in [0.717, 1.165) is 23.4 Å². The van der Waals surface area contributed by atoms with Crippen LogP contribution in [-0.4, -0.2) is 29.5 Å². The van der Waals surface area contributed by atoms with Crippen LogP contribution in [-0.2, 0) is 9.53 Å². The first-order valence-electron chi connectivity index (χ1n) is 7.57. The SMILES string of the molecule is CCC[C@H](C)NC(=O)COC(=O)c1csc(-c2ccccc2)n1. The Balaban J connectivity index is 1.87. The van der Waals surface area contributed by atoms with Crippen molar-refractivity contribution in [1.82, 2.24) is 10.3 Å². The molecule has 0 bridgehead atoms. The van der Waals surface area contributed by atoms with E-state index in [-0.39, 0.29) is 24.2 Å². The molecule has 1 atom stereocenters. The monoisotopic (exact) mass is 332 g/mol. The second kappa shape index (κ2) is 8.43. The van der Waals surface area contributed by atoms with Gasteiger partial charge in [0, 0.05) is 17.0 Å². The van der Waals surface area contributed by atoms with Crippen LogP contribution in [0.5, 0.6) is 0 Å². The van der Waals surface area contributed by atoms with Gasteiger partial charge in [0.2, 0.25) is 0 Å². The Kier molecular flexibility index (Phi) is 6.29. The number of carbonyl (C=O) groups excluding carboxylic acids is 2. The minimum Gasteiger partial charge on any atom is -0.451 e. The molecule has 0 fully saturated rings. The lowest BCUT2D eigenvalue weighted by Gasteiger charge is -2.12. The van der Waals surface area contributed by atoms with E-state index in [9.17, 15) is 9.59 Å². The van der Waals surface area contributed by atoms with Gasteiger partial charge in [-0.15, -0.1) is 11.3 Å². The van der Waals surface area contributed by atoms with Crippen LogP contribution >= 0.6 is 11.3 Å². The van der Waals surface area contributed by atoms with Gasteiger partial charge < -0.3 is 10.1 Å². The zero-order valence-corrected chi connectivity index (χ0v) is 14.1. The third kappa shape index (κ3) is 5.17. The van der Waals surface area contributed by atoms with Crippen LogP contribution in [0.1, 0.15) is 37.2 Å². The van der Waals surface area contributed by atoms with E-state index in [1.165, 1.54) is 11.3 Å². The molecule has 0 unspecified atom stereocenters. The molecule has 0 aliphatic rings. The Morgan fingerprint density at radius 1 is 1.30 bits per heavy atom. The predicted octanol–water partition coefficient (Wildman–Crippen LogP) is 3.27. The summed E-state index contributed by atoms with van der Waals surface area (Å²) in [5, 5.41) is 5.17. The predicted molar refractivity (Wildman–Crippen MR) is 90.3 cm³/mol. The van der Waals surface area contributed by atoms with Crippen LogP contribution < -0.4 is 5.32 Å². The van der Waals surface area contributed by atoms with Gasteiger partial charge >= 0.3 is 5.97 Å². The van der Waals surface area contributed by atoms with Gasteiger partial charge in [-0.25, -0.2) is 9.78 Å². The Morgan fingerprint density at radius 3 is 2.74 bits per heavy atom. The molecule has 122 valence electrons. The molecular weight excluding hydrogens is 312 g/mol. The molecule has 1 N–H and O–H groups in total. The molecule has 0 radical (unpaired) electrons. The van der Waals surface area contributed by atoms with Crippen molar-refractivity contribution in [3.63, 3.8) is 0 Å². The van der Waals surface area contributed by atoms with Gasteiger partial charge in [-0.05, 0) is 13.3 Å². The number of nitrogens with one attached hydrogen (secondary N) is 1. The number of rotatable bonds is 7. The van der Waals surface area contributed by atoms with Crippen molar-refractivity contribution in [1.29, 1.82) is 0 Å². The molecule has 0 aliphatic carbocycles. The summed E-state index contributed by atoms with van der Waals surface area (Å²) >= 11 is 1.37. The lowest BCUT2D eigenvalue weighted by Crippen LogP contribution is -2.35. The van der Waals surface area contributed by atoms with E-state index in [4.69, 9.17) is 4.74 Å². The highest BCUT2D eigenvalue weighted by molar-refractivity contribution is 7.13. The van der Waals surface area contributed by atoms with E-state index in [1.54, 1.807) is 5.38 Å². The highest BCUT2D eigenvalue weighted by Crippen LogP contribution is 2.23. The number of aromatic nitrogens is 1. The molecule has 0 spiro atoms. The van der Waals surface area contributed by atoms with Gasteiger partial charge in [0.05, 0.1) is 0 Å². The molecule has 1 amide bonds. The molecule has 23 heavy (non-hydrogen) atoms. The largest absolute Gasteiger partial charge is 0.451 e. The lowest BCUT2D eigenvalue weighted by atomic mass is 10.2. The summed E-state index contributed by atoms with van der Waals surface area (Å²) in [7, 11) is 0. The van der Waals surface area contributed by atoms with Crippen molar-refractivity contribution >= 4 is 23.2 Å².